The summed E-state index contributed by atoms with van der Waals surface area (Å²) in [4.78, 5) is 25.7. The number of piperidine rings is 1. The van der Waals surface area contributed by atoms with Gasteiger partial charge in [-0.2, -0.15) is 0 Å². The van der Waals surface area contributed by atoms with Gasteiger partial charge in [0, 0.05) is 24.1 Å². The van der Waals surface area contributed by atoms with Gasteiger partial charge in [0.2, 0.25) is 0 Å². The summed E-state index contributed by atoms with van der Waals surface area (Å²) in [6.07, 6.45) is -0.438. The summed E-state index contributed by atoms with van der Waals surface area (Å²) in [7, 11) is 0. The molecule has 1 aliphatic rings. The van der Waals surface area contributed by atoms with Gasteiger partial charge in [-0.05, 0) is 24.1 Å². The van der Waals surface area contributed by atoms with Crippen molar-refractivity contribution in [2.45, 2.75) is 25.0 Å². The van der Waals surface area contributed by atoms with Crippen molar-refractivity contribution in [2.75, 3.05) is 6.54 Å². The highest BCUT2D eigenvalue weighted by Gasteiger charge is 2.36. The van der Waals surface area contributed by atoms with E-state index < -0.39 is 29.8 Å². The number of amides is 1. The van der Waals surface area contributed by atoms with Crippen molar-refractivity contribution in [3.8, 4) is 11.1 Å². The minimum absolute atomic E-state index is 0.0110. The highest BCUT2D eigenvalue weighted by molar-refractivity contribution is 6.02. The zero-order valence-corrected chi connectivity index (χ0v) is 13.4. The smallest absolute Gasteiger partial charge is 0.326 e. The molecular formula is C19H18FNO4. The van der Waals surface area contributed by atoms with Crippen LogP contribution in [0.1, 0.15) is 23.2 Å². The number of hydrogen-bond acceptors (Lipinski definition) is 3. The molecule has 25 heavy (non-hydrogen) atoms. The number of halogens is 1. The van der Waals surface area contributed by atoms with Crippen LogP contribution in [0.5, 0.6) is 0 Å². The van der Waals surface area contributed by atoms with Crippen LogP contribution in [0, 0.1) is 5.82 Å². The lowest BCUT2D eigenvalue weighted by Gasteiger charge is -2.35. The molecule has 2 atom stereocenters. The first-order valence-electron chi connectivity index (χ1n) is 8.05. The lowest BCUT2D eigenvalue weighted by atomic mass is 9.95. The van der Waals surface area contributed by atoms with Crippen molar-refractivity contribution in [3.63, 3.8) is 0 Å². The van der Waals surface area contributed by atoms with E-state index in [-0.39, 0.29) is 24.1 Å². The standard InChI is InChI=1S/C19H18FNO4/c20-16-8-4-3-6-14(16)13-5-1-2-7-15(13)18(23)21-10-9-12(22)11-17(21)19(24)25/h1-8,12,17,22H,9-11H2,(H,24,25)/t12-,17+/m0/s1. The number of benzene rings is 2. The number of rotatable bonds is 3. The number of hydrogen-bond donors (Lipinski definition) is 2. The van der Waals surface area contributed by atoms with Gasteiger partial charge in [0.25, 0.3) is 5.91 Å². The normalized spacial score (nSPS) is 20.3. The molecule has 2 N–H and O–H groups in total. The Bertz CT molecular complexity index is 808. The third-order valence-corrected chi connectivity index (χ3v) is 4.44. The number of likely N-dealkylation sites (tertiary alicyclic amines) is 1. The summed E-state index contributed by atoms with van der Waals surface area (Å²) in [5.41, 5.74) is 0.950. The van der Waals surface area contributed by atoms with Gasteiger partial charge in [-0.3, -0.25) is 4.79 Å². The maximum atomic E-state index is 14.2. The molecule has 0 aliphatic carbocycles. The summed E-state index contributed by atoms with van der Waals surface area (Å²) in [6.45, 7) is 0.141. The number of aliphatic hydroxyl groups is 1. The Morgan fingerprint density at radius 3 is 2.36 bits per heavy atom. The highest BCUT2D eigenvalue weighted by atomic mass is 19.1. The van der Waals surface area contributed by atoms with Crippen molar-refractivity contribution >= 4 is 11.9 Å². The number of carboxylic acid groups (broad SMARTS) is 1. The third kappa shape index (κ3) is 3.39. The Kier molecular flexibility index (Phi) is 4.81. The van der Waals surface area contributed by atoms with Crippen molar-refractivity contribution in [1.29, 1.82) is 0 Å². The number of aliphatic hydroxyl groups excluding tert-OH is 1. The van der Waals surface area contributed by atoms with E-state index in [1.54, 1.807) is 42.5 Å². The van der Waals surface area contributed by atoms with Crippen LogP contribution in [0.2, 0.25) is 0 Å². The molecule has 5 nitrogen and oxygen atoms in total. The average molecular weight is 343 g/mol. The number of aliphatic carboxylic acids is 1. The van der Waals surface area contributed by atoms with E-state index >= 15 is 0 Å². The van der Waals surface area contributed by atoms with Crippen LogP contribution in [0.15, 0.2) is 48.5 Å². The summed E-state index contributed by atoms with van der Waals surface area (Å²) in [5, 5.41) is 19.1. The van der Waals surface area contributed by atoms with Crippen LogP contribution in [-0.2, 0) is 4.79 Å². The fraction of sp³-hybridized carbons (Fsp3) is 0.263. The van der Waals surface area contributed by atoms with E-state index in [2.05, 4.69) is 0 Å². The molecule has 1 aliphatic heterocycles. The Morgan fingerprint density at radius 1 is 1.04 bits per heavy atom. The monoisotopic (exact) mass is 343 g/mol. The van der Waals surface area contributed by atoms with Crippen LogP contribution in [0.25, 0.3) is 11.1 Å². The SMILES string of the molecule is O=C(O)[C@H]1C[C@@H](O)CCN1C(=O)c1ccccc1-c1ccccc1F. The second kappa shape index (κ2) is 7.03. The van der Waals surface area contributed by atoms with Gasteiger partial charge < -0.3 is 15.1 Å². The number of nitrogens with zero attached hydrogens (tertiary/aromatic N) is 1. The van der Waals surface area contributed by atoms with Crippen molar-refractivity contribution in [1.82, 2.24) is 4.90 Å². The van der Waals surface area contributed by atoms with Crippen LogP contribution < -0.4 is 0 Å². The molecule has 1 saturated heterocycles. The zero-order valence-electron chi connectivity index (χ0n) is 13.4. The summed E-state index contributed by atoms with van der Waals surface area (Å²) >= 11 is 0. The number of carbonyl (C=O) groups excluding carboxylic acids is 1. The molecule has 2 aromatic rings. The van der Waals surface area contributed by atoms with Crippen LogP contribution >= 0.6 is 0 Å². The molecule has 3 rings (SSSR count). The van der Waals surface area contributed by atoms with E-state index in [0.717, 1.165) is 0 Å². The molecule has 6 heteroatoms. The molecule has 0 unspecified atom stereocenters. The molecular weight excluding hydrogens is 325 g/mol. The van der Waals surface area contributed by atoms with E-state index in [0.29, 0.717) is 12.0 Å². The fourth-order valence-corrected chi connectivity index (χ4v) is 3.16. The summed E-state index contributed by atoms with van der Waals surface area (Å²) in [5.74, 6) is -2.08. The predicted molar refractivity (Wildman–Crippen MR) is 89.5 cm³/mol. The van der Waals surface area contributed by atoms with Gasteiger partial charge in [0.15, 0.2) is 0 Å². The maximum Gasteiger partial charge on any atom is 0.326 e. The molecule has 0 bridgehead atoms. The predicted octanol–water partition coefficient (Wildman–Crippen LogP) is 2.54. The second-order valence-electron chi connectivity index (χ2n) is 6.06. The third-order valence-electron chi connectivity index (χ3n) is 4.44. The molecule has 130 valence electrons. The van der Waals surface area contributed by atoms with Gasteiger partial charge in [0.05, 0.1) is 6.10 Å². The zero-order chi connectivity index (χ0) is 18.0. The largest absolute Gasteiger partial charge is 0.480 e. The minimum Gasteiger partial charge on any atom is -0.480 e. The average Bonchev–Trinajstić information content (AvgIpc) is 2.61. The highest BCUT2D eigenvalue weighted by Crippen LogP contribution is 2.29. The van der Waals surface area contributed by atoms with Crippen molar-refractivity contribution < 1.29 is 24.2 Å². The first-order valence-corrected chi connectivity index (χ1v) is 8.05. The van der Waals surface area contributed by atoms with E-state index in [1.165, 1.54) is 11.0 Å². The van der Waals surface area contributed by atoms with Crippen molar-refractivity contribution in [2.24, 2.45) is 0 Å². The first kappa shape index (κ1) is 17.1. The summed E-state index contributed by atoms with van der Waals surface area (Å²) < 4.78 is 14.2. The maximum absolute atomic E-state index is 14.2. The minimum atomic E-state index is -1.16. The Hall–Kier alpha value is -2.73. The molecule has 0 spiro atoms. The molecule has 0 radical (unpaired) electrons. The molecule has 0 aromatic heterocycles. The van der Waals surface area contributed by atoms with Crippen LogP contribution in [0.4, 0.5) is 4.39 Å². The Labute approximate surface area is 144 Å². The van der Waals surface area contributed by atoms with Gasteiger partial charge in [-0.1, -0.05) is 36.4 Å². The van der Waals surface area contributed by atoms with E-state index in [9.17, 15) is 24.2 Å². The molecule has 1 heterocycles. The van der Waals surface area contributed by atoms with E-state index in [1.807, 2.05) is 0 Å². The summed E-state index contributed by atoms with van der Waals surface area (Å²) in [6, 6.07) is 11.6. The van der Waals surface area contributed by atoms with E-state index in [4.69, 9.17) is 0 Å². The fourth-order valence-electron chi connectivity index (χ4n) is 3.16. The molecule has 2 aromatic carbocycles. The second-order valence-corrected chi connectivity index (χ2v) is 6.06. The van der Waals surface area contributed by atoms with Gasteiger partial charge in [-0.15, -0.1) is 0 Å². The van der Waals surface area contributed by atoms with Crippen LogP contribution in [0.3, 0.4) is 0 Å². The number of carboxylic acids is 1. The molecule has 0 saturated carbocycles. The van der Waals surface area contributed by atoms with Crippen LogP contribution in [-0.4, -0.2) is 45.7 Å². The topological polar surface area (TPSA) is 77.8 Å². The quantitative estimate of drug-likeness (QED) is 0.898. The lowest BCUT2D eigenvalue weighted by molar-refractivity contribution is -0.145. The van der Waals surface area contributed by atoms with Crippen molar-refractivity contribution in [3.05, 3.63) is 59.9 Å². The first-order chi connectivity index (χ1) is 12.0. The number of carbonyl (C=O) groups is 2. The molecule has 1 amide bonds. The lowest BCUT2D eigenvalue weighted by Crippen LogP contribution is -2.51. The Balaban J connectivity index is 2.01. The van der Waals surface area contributed by atoms with Gasteiger partial charge in [-0.25, -0.2) is 9.18 Å². The van der Waals surface area contributed by atoms with Gasteiger partial charge >= 0.3 is 5.97 Å². The molecule has 1 fully saturated rings. The Morgan fingerprint density at radius 2 is 1.68 bits per heavy atom. The van der Waals surface area contributed by atoms with Gasteiger partial charge in [0.1, 0.15) is 11.9 Å².